The van der Waals surface area contributed by atoms with Crippen molar-refractivity contribution in [2.45, 2.75) is 33.6 Å². The van der Waals surface area contributed by atoms with Gasteiger partial charge in [0.15, 0.2) is 0 Å². The zero-order valence-corrected chi connectivity index (χ0v) is 16.8. The summed E-state index contributed by atoms with van der Waals surface area (Å²) in [5.41, 5.74) is 5.21. The van der Waals surface area contributed by atoms with Gasteiger partial charge in [-0.05, 0) is 56.0 Å². The average Bonchev–Trinajstić information content (AvgIpc) is 2.97. The van der Waals surface area contributed by atoms with E-state index in [2.05, 4.69) is 17.4 Å². The fraction of sp³-hybridized carbons (Fsp3) is 0.364. The van der Waals surface area contributed by atoms with Crippen molar-refractivity contribution in [3.05, 3.63) is 63.7 Å². The molecule has 27 heavy (non-hydrogen) atoms. The zero-order chi connectivity index (χ0) is 19.6. The Labute approximate surface area is 165 Å². The lowest BCUT2D eigenvalue weighted by atomic mass is 10.0. The Bertz CT molecular complexity index is 855. The molecule has 3 rings (SSSR count). The Kier molecular flexibility index (Phi) is 5.85. The van der Waals surface area contributed by atoms with Gasteiger partial charge in [0.1, 0.15) is 0 Å². The number of anilines is 1. The molecule has 1 atom stereocenters. The maximum Gasteiger partial charge on any atom is 0.229 e. The van der Waals surface area contributed by atoms with Crippen molar-refractivity contribution in [2.75, 3.05) is 18.4 Å². The SMILES string of the molecule is Cc1cc(C)c(NC(=O)C2CC(=O)N(CCc3cccc(Cl)c3)C2)c(C)c1. The van der Waals surface area contributed by atoms with E-state index in [4.69, 9.17) is 11.6 Å². The fourth-order valence-corrected chi connectivity index (χ4v) is 3.94. The molecule has 0 radical (unpaired) electrons. The Morgan fingerprint density at radius 1 is 1.19 bits per heavy atom. The maximum absolute atomic E-state index is 12.7. The van der Waals surface area contributed by atoms with Crippen LogP contribution in [0.25, 0.3) is 0 Å². The summed E-state index contributed by atoms with van der Waals surface area (Å²) in [6.45, 7) is 7.10. The third-order valence-electron chi connectivity index (χ3n) is 5.07. The normalized spacial score (nSPS) is 16.7. The van der Waals surface area contributed by atoms with Crippen LogP contribution in [0.2, 0.25) is 5.02 Å². The van der Waals surface area contributed by atoms with Gasteiger partial charge in [-0.1, -0.05) is 41.4 Å². The van der Waals surface area contributed by atoms with E-state index in [1.165, 1.54) is 5.56 Å². The molecule has 0 saturated carbocycles. The molecule has 2 aromatic carbocycles. The van der Waals surface area contributed by atoms with Gasteiger partial charge >= 0.3 is 0 Å². The standard InChI is InChI=1S/C22H25ClN2O2/c1-14-9-15(2)21(16(3)10-14)24-22(27)18-12-20(26)25(13-18)8-7-17-5-4-6-19(23)11-17/h4-6,9-11,18H,7-8,12-13H2,1-3H3,(H,24,27). The molecule has 142 valence electrons. The number of likely N-dealkylation sites (tertiary alicyclic amines) is 1. The summed E-state index contributed by atoms with van der Waals surface area (Å²) in [7, 11) is 0. The molecule has 1 heterocycles. The highest BCUT2D eigenvalue weighted by Gasteiger charge is 2.34. The van der Waals surface area contributed by atoms with Gasteiger partial charge in [-0.2, -0.15) is 0 Å². The van der Waals surface area contributed by atoms with Crippen LogP contribution in [0.3, 0.4) is 0 Å². The summed E-state index contributed by atoms with van der Waals surface area (Å²) in [4.78, 5) is 26.8. The number of aryl methyl sites for hydroxylation is 3. The van der Waals surface area contributed by atoms with E-state index < -0.39 is 0 Å². The summed E-state index contributed by atoms with van der Waals surface area (Å²) in [5, 5.41) is 3.73. The molecule has 0 spiro atoms. The van der Waals surface area contributed by atoms with Crippen molar-refractivity contribution in [3.63, 3.8) is 0 Å². The summed E-state index contributed by atoms with van der Waals surface area (Å²) in [6, 6.07) is 11.8. The summed E-state index contributed by atoms with van der Waals surface area (Å²) in [5.74, 6) is -0.352. The van der Waals surface area contributed by atoms with E-state index >= 15 is 0 Å². The average molecular weight is 385 g/mol. The minimum atomic E-state index is -0.308. The van der Waals surface area contributed by atoms with Crippen molar-refractivity contribution in [2.24, 2.45) is 5.92 Å². The molecule has 1 fully saturated rings. The predicted octanol–water partition coefficient (Wildman–Crippen LogP) is 4.29. The number of nitrogens with zero attached hydrogens (tertiary/aromatic N) is 1. The number of halogens is 1. The first-order valence-corrected chi connectivity index (χ1v) is 9.62. The van der Waals surface area contributed by atoms with Crippen LogP contribution in [0, 0.1) is 26.7 Å². The fourth-order valence-electron chi connectivity index (χ4n) is 3.72. The zero-order valence-electron chi connectivity index (χ0n) is 16.0. The minimum absolute atomic E-state index is 0.0366. The van der Waals surface area contributed by atoms with E-state index in [9.17, 15) is 9.59 Å². The van der Waals surface area contributed by atoms with Gasteiger partial charge in [-0.3, -0.25) is 9.59 Å². The van der Waals surface area contributed by atoms with Gasteiger partial charge in [0.2, 0.25) is 11.8 Å². The first-order valence-electron chi connectivity index (χ1n) is 9.24. The number of amides is 2. The number of hydrogen-bond acceptors (Lipinski definition) is 2. The Hall–Kier alpha value is -2.33. The van der Waals surface area contributed by atoms with E-state index in [-0.39, 0.29) is 24.2 Å². The van der Waals surface area contributed by atoms with Crippen molar-refractivity contribution < 1.29 is 9.59 Å². The summed E-state index contributed by atoms with van der Waals surface area (Å²) < 4.78 is 0. The molecule has 4 nitrogen and oxygen atoms in total. The third kappa shape index (κ3) is 4.69. The first-order chi connectivity index (χ1) is 12.8. The van der Waals surface area contributed by atoms with Crippen LogP contribution in [-0.2, 0) is 16.0 Å². The minimum Gasteiger partial charge on any atom is -0.342 e. The lowest BCUT2D eigenvalue weighted by Crippen LogP contribution is -2.30. The number of benzene rings is 2. The van der Waals surface area contributed by atoms with Crippen LogP contribution in [0.1, 0.15) is 28.7 Å². The van der Waals surface area contributed by atoms with Crippen LogP contribution in [0.4, 0.5) is 5.69 Å². The smallest absolute Gasteiger partial charge is 0.229 e. The lowest BCUT2D eigenvalue weighted by molar-refractivity contribution is -0.128. The summed E-state index contributed by atoms with van der Waals surface area (Å²) >= 11 is 6.01. The molecule has 0 aromatic heterocycles. The van der Waals surface area contributed by atoms with Gasteiger partial charge in [0, 0.05) is 30.2 Å². The van der Waals surface area contributed by atoms with Crippen LogP contribution >= 0.6 is 11.6 Å². The lowest BCUT2D eigenvalue weighted by Gasteiger charge is -2.18. The van der Waals surface area contributed by atoms with Gasteiger partial charge in [-0.15, -0.1) is 0 Å². The number of nitrogens with one attached hydrogen (secondary N) is 1. The number of carbonyl (C=O) groups excluding carboxylic acids is 2. The monoisotopic (exact) mass is 384 g/mol. The van der Waals surface area contributed by atoms with Crippen molar-refractivity contribution >= 4 is 29.1 Å². The maximum atomic E-state index is 12.7. The number of rotatable bonds is 5. The molecule has 1 aliphatic heterocycles. The molecular weight excluding hydrogens is 360 g/mol. The van der Waals surface area contributed by atoms with Crippen LogP contribution in [-0.4, -0.2) is 29.8 Å². The van der Waals surface area contributed by atoms with Crippen LogP contribution < -0.4 is 5.32 Å². The first kappa shape index (κ1) is 19.4. The molecule has 2 amide bonds. The number of hydrogen-bond donors (Lipinski definition) is 1. The molecule has 2 aromatic rings. The highest BCUT2D eigenvalue weighted by molar-refractivity contribution is 6.30. The molecule has 0 aliphatic carbocycles. The van der Waals surface area contributed by atoms with Gasteiger partial charge < -0.3 is 10.2 Å². The molecule has 0 bridgehead atoms. The van der Waals surface area contributed by atoms with E-state index in [0.29, 0.717) is 18.1 Å². The second kappa shape index (κ2) is 8.13. The van der Waals surface area contributed by atoms with Crippen molar-refractivity contribution in [3.8, 4) is 0 Å². The van der Waals surface area contributed by atoms with E-state index in [1.54, 1.807) is 4.90 Å². The number of carbonyl (C=O) groups is 2. The van der Waals surface area contributed by atoms with Crippen molar-refractivity contribution in [1.82, 2.24) is 4.90 Å². The third-order valence-corrected chi connectivity index (χ3v) is 5.31. The Balaban J connectivity index is 1.60. The largest absolute Gasteiger partial charge is 0.342 e. The van der Waals surface area contributed by atoms with Gasteiger partial charge in [0.25, 0.3) is 0 Å². The van der Waals surface area contributed by atoms with Gasteiger partial charge in [-0.25, -0.2) is 0 Å². The second-order valence-electron chi connectivity index (χ2n) is 7.38. The molecule has 1 aliphatic rings. The van der Waals surface area contributed by atoms with Crippen LogP contribution in [0.5, 0.6) is 0 Å². The highest BCUT2D eigenvalue weighted by Crippen LogP contribution is 2.25. The molecule has 5 heteroatoms. The molecule has 1 N–H and O–H groups in total. The molecular formula is C22H25ClN2O2. The van der Waals surface area contributed by atoms with E-state index in [1.807, 2.05) is 45.0 Å². The van der Waals surface area contributed by atoms with Crippen molar-refractivity contribution in [1.29, 1.82) is 0 Å². The second-order valence-corrected chi connectivity index (χ2v) is 7.82. The van der Waals surface area contributed by atoms with E-state index in [0.717, 1.165) is 28.8 Å². The highest BCUT2D eigenvalue weighted by atomic mass is 35.5. The topological polar surface area (TPSA) is 49.4 Å². The quantitative estimate of drug-likeness (QED) is 0.835. The Morgan fingerprint density at radius 2 is 1.89 bits per heavy atom. The Morgan fingerprint density at radius 3 is 2.56 bits per heavy atom. The summed E-state index contributed by atoms with van der Waals surface area (Å²) in [6.07, 6.45) is 1.00. The predicted molar refractivity (Wildman–Crippen MR) is 109 cm³/mol. The van der Waals surface area contributed by atoms with Crippen LogP contribution in [0.15, 0.2) is 36.4 Å². The molecule has 1 unspecified atom stereocenters. The van der Waals surface area contributed by atoms with Gasteiger partial charge in [0.05, 0.1) is 5.92 Å². The molecule has 1 saturated heterocycles.